The third kappa shape index (κ3) is 4.56. The van der Waals surface area contributed by atoms with E-state index in [0.29, 0.717) is 10.9 Å². The molecular formula is C7H13NO2S2. The molecule has 0 unspecified atom stereocenters. The fourth-order valence-corrected chi connectivity index (χ4v) is 1.06. The van der Waals surface area contributed by atoms with Crippen LogP contribution in [0.2, 0.25) is 0 Å². The molecule has 0 aliphatic carbocycles. The van der Waals surface area contributed by atoms with E-state index in [4.69, 9.17) is 17.0 Å². The highest BCUT2D eigenvalue weighted by Crippen LogP contribution is 2.02. The van der Waals surface area contributed by atoms with E-state index in [1.165, 1.54) is 11.8 Å². The molecule has 0 saturated heterocycles. The maximum atomic E-state index is 10.9. The molecule has 0 N–H and O–H groups in total. The second kappa shape index (κ2) is 6.25. The van der Waals surface area contributed by atoms with Gasteiger partial charge in [-0.2, -0.15) is 0 Å². The highest BCUT2D eigenvalue weighted by atomic mass is 32.2. The Hall–Kier alpha value is -0.290. The van der Waals surface area contributed by atoms with Crippen molar-refractivity contribution >= 4 is 34.3 Å². The van der Waals surface area contributed by atoms with Gasteiger partial charge < -0.3 is 9.64 Å². The van der Waals surface area contributed by atoms with Crippen molar-refractivity contribution in [3.63, 3.8) is 0 Å². The zero-order valence-corrected chi connectivity index (χ0v) is 9.13. The van der Waals surface area contributed by atoms with Gasteiger partial charge in [0.15, 0.2) is 0 Å². The molecule has 0 rings (SSSR count). The minimum Gasteiger partial charge on any atom is -0.465 e. The molecule has 0 amide bonds. The molecular weight excluding hydrogens is 194 g/mol. The van der Waals surface area contributed by atoms with Gasteiger partial charge in [0.05, 0.1) is 6.61 Å². The van der Waals surface area contributed by atoms with Crippen molar-refractivity contribution in [2.45, 2.75) is 6.92 Å². The molecule has 0 aromatic heterocycles. The molecule has 0 atom stereocenters. The Kier molecular flexibility index (Phi) is 6.10. The van der Waals surface area contributed by atoms with Crippen LogP contribution in [0, 0.1) is 0 Å². The van der Waals surface area contributed by atoms with Crippen molar-refractivity contribution in [3.05, 3.63) is 0 Å². The van der Waals surface area contributed by atoms with Gasteiger partial charge in [-0.3, -0.25) is 4.79 Å². The Balaban J connectivity index is 3.75. The summed E-state index contributed by atoms with van der Waals surface area (Å²) in [5.74, 6) is -0.239. The highest BCUT2D eigenvalue weighted by molar-refractivity contribution is 8.22. The summed E-state index contributed by atoms with van der Waals surface area (Å²) in [6.07, 6.45) is 1.88. The lowest BCUT2D eigenvalue weighted by Gasteiger charge is -2.16. The third-order valence-corrected chi connectivity index (χ3v) is 2.63. The van der Waals surface area contributed by atoms with Crippen LogP contribution in [0.5, 0.6) is 0 Å². The minimum absolute atomic E-state index is 0.230. The van der Waals surface area contributed by atoms with Crippen molar-refractivity contribution in [1.82, 2.24) is 4.90 Å². The quantitative estimate of drug-likeness (QED) is 0.511. The van der Waals surface area contributed by atoms with Crippen LogP contribution in [0.15, 0.2) is 0 Å². The van der Waals surface area contributed by atoms with Gasteiger partial charge in [-0.05, 0) is 13.2 Å². The van der Waals surface area contributed by atoms with Crippen LogP contribution in [-0.2, 0) is 9.53 Å². The molecule has 0 heterocycles. The van der Waals surface area contributed by atoms with Gasteiger partial charge in [0.2, 0.25) is 0 Å². The third-order valence-electron chi connectivity index (χ3n) is 1.16. The number of rotatable bonds is 3. The Bertz CT molecular complexity index is 173. The number of carbonyl (C=O) groups excluding carboxylic acids is 1. The first-order valence-electron chi connectivity index (χ1n) is 3.56. The molecule has 70 valence electrons. The van der Waals surface area contributed by atoms with Crippen LogP contribution in [0.1, 0.15) is 6.92 Å². The molecule has 0 fully saturated rings. The SMILES string of the molecule is CCOC(=O)CN(C)C(=S)SC. The first-order chi connectivity index (χ1) is 5.61. The van der Waals surface area contributed by atoms with E-state index < -0.39 is 0 Å². The summed E-state index contributed by atoms with van der Waals surface area (Å²) in [5, 5.41) is 0. The fraction of sp³-hybridized carbons (Fsp3) is 0.714. The van der Waals surface area contributed by atoms with Gasteiger partial charge in [-0.1, -0.05) is 12.2 Å². The number of hydrogen-bond donors (Lipinski definition) is 0. The monoisotopic (exact) mass is 207 g/mol. The largest absolute Gasteiger partial charge is 0.465 e. The molecule has 0 aromatic rings. The minimum atomic E-state index is -0.239. The van der Waals surface area contributed by atoms with E-state index in [9.17, 15) is 4.79 Å². The van der Waals surface area contributed by atoms with Gasteiger partial charge in [0.1, 0.15) is 10.9 Å². The van der Waals surface area contributed by atoms with Crippen LogP contribution in [-0.4, -0.2) is 41.6 Å². The Labute approximate surface area is 82.4 Å². The summed E-state index contributed by atoms with van der Waals surface area (Å²) in [6, 6.07) is 0. The molecule has 0 aliphatic heterocycles. The Morgan fingerprint density at radius 3 is 2.67 bits per heavy atom. The van der Waals surface area contributed by atoms with E-state index in [1.54, 1.807) is 18.9 Å². The van der Waals surface area contributed by atoms with E-state index in [-0.39, 0.29) is 12.5 Å². The lowest BCUT2D eigenvalue weighted by atomic mass is 10.6. The number of carbonyl (C=O) groups is 1. The maximum absolute atomic E-state index is 10.9. The first-order valence-corrected chi connectivity index (χ1v) is 5.19. The summed E-state index contributed by atoms with van der Waals surface area (Å²) in [7, 11) is 1.77. The summed E-state index contributed by atoms with van der Waals surface area (Å²) >= 11 is 6.40. The second-order valence-electron chi connectivity index (χ2n) is 2.13. The van der Waals surface area contributed by atoms with Crippen molar-refractivity contribution in [3.8, 4) is 0 Å². The number of thioether (sulfide) groups is 1. The van der Waals surface area contributed by atoms with E-state index in [2.05, 4.69) is 0 Å². The molecule has 0 bridgehead atoms. The topological polar surface area (TPSA) is 29.5 Å². The number of ether oxygens (including phenoxy) is 1. The van der Waals surface area contributed by atoms with Crippen LogP contribution in [0.4, 0.5) is 0 Å². The van der Waals surface area contributed by atoms with Crippen molar-refractivity contribution in [1.29, 1.82) is 0 Å². The lowest BCUT2D eigenvalue weighted by molar-refractivity contribution is -0.143. The number of likely N-dealkylation sites (N-methyl/N-ethyl adjacent to an activating group) is 1. The van der Waals surface area contributed by atoms with E-state index in [1.807, 2.05) is 6.26 Å². The van der Waals surface area contributed by atoms with Gasteiger partial charge in [0.25, 0.3) is 0 Å². The molecule has 0 aliphatic rings. The van der Waals surface area contributed by atoms with Gasteiger partial charge >= 0.3 is 5.97 Å². The number of hydrogen-bond acceptors (Lipinski definition) is 4. The second-order valence-corrected chi connectivity index (χ2v) is 3.57. The summed E-state index contributed by atoms with van der Waals surface area (Å²) in [6.45, 7) is 2.43. The van der Waals surface area contributed by atoms with Crippen LogP contribution in [0.25, 0.3) is 0 Å². The lowest BCUT2D eigenvalue weighted by Crippen LogP contribution is -2.30. The smallest absolute Gasteiger partial charge is 0.325 e. The average Bonchev–Trinajstić information content (AvgIpc) is 2.03. The molecule has 0 radical (unpaired) electrons. The van der Waals surface area contributed by atoms with Crippen LogP contribution >= 0.6 is 24.0 Å². The van der Waals surface area contributed by atoms with Gasteiger partial charge in [-0.15, -0.1) is 11.8 Å². The molecule has 3 nitrogen and oxygen atoms in total. The molecule has 12 heavy (non-hydrogen) atoms. The standard InChI is InChI=1S/C7H13NO2S2/c1-4-10-6(9)5-8(2)7(11)12-3/h4-5H2,1-3H3. The van der Waals surface area contributed by atoms with E-state index >= 15 is 0 Å². The van der Waals surface area contributed by atoms with Crippen LogP contribution < -0.4 is 0 Å². The molecule has 0 saturated carbocycles. The van der Waals surface area contributed by atoms with Gasteiger partial charge in [-0.25, -0.2) is 0 Å². The fourth-order valence-electron chi connectivity index (χ4n) is 0.621. The Morgan fingerprint density at radius 2 is 2.25 bits per heavy atom. The zero-order chi connectivity index (χ0) is 9.56. The van der Waals surface area contributed by atoms with Crippen molar-refractivity contribution in [2.24, 2.45) is 0 Å². The number of thiocarbonyl (C=S) groups is 1. The van der Waals surface area contributed by atoms with Gasteiger partial charge in [0, 0.05) is 7.05 Å². The molecule has 0 aromatic carbocycles. The predicted octanol–water partition coefficient (Wildman–Crippen LogP) is 1.13. The number of esters is 1. The Morgan fingerprint density at radius 1 is 1.67 bits per heavy atom. The maximum Gasteiger partial charge on any atom is 0.325 e. The number of nitrogens with zero attached hydrogens (tertiary/aromatic N) is 1. The normalized spacial score (nSPS) is 9.25. The molecule has 5 heteroatoms. The summed E-state index contributed by atoms with van der Waals surface area (Å²) < 4.78 is 5.45. The summed E-state index contributed by atoms with van der Waals surface area (Å²) in [4.78, 5) is 12.6. The summed E-state index contributed by atoms with van der Waals surface area (Å²) in [5.41, 5.74) is 0. The van der Waals surface area contributed by atoms with Crippen molar-refractivity contribution < 1.29 is 9.53 Å². The van der Waals surface area contributed by atoms with E-state index in [0.717, 1.165) is 0 Å². The van der Waals surface area contributed by atoms with Crippen molar-refractivity contribution in [2.75, 3.05) is 26.5 Å². The van der Waals surface area contributed by atoms with Crippen LogP contribution in [0.3, 0.4) is 0 Å². The molecule has 0 spiro atoms. The predicted molar refractivity (Wildman–Crippen MR) is 55.4 cm³/mol. The first kappa shape index (κ1) is 11.7. The average molecular weight is 207 g/mol. The highest BCUT2D eigenvalue weighted by Gasteiger charge is 2.08. The zero-order valence-electron chi connectivity index (χ0n) is 7.49.